The van der Waals surface area contributed by atoms with Gasteiger partial charge in [0.25, 0.3) is 0 Å². The van der Waals surface area contributed by atoms with Crippen LogP contribution in [0.15, 0.2) is 24.3 Å². The largest absolute Gasteiger partial charge is 0.481 e. The molecule has 1 aromatic rings. The predicted octanol–water partition coefficient (Wildman–Crippen LogP) is 6.45. The van der Waals surface area contributed by atoms with Crippen molar-refractivity contribution in [3.05, 3.63) is 29.8 Å². The van der Waals surface area contributed by atoms with Gasteiger partial charge in [0.2, 0.25) is 0 Å². The Morgan fingerprint density at radius 3 is 2.14 bits per heavy atom. The highest BCUT2D eigenvalue weighted by atomic mass is 19.4. The quantitative estimate of drug-likeness (QED) is 0.451. The molecule has 0 aromatic heterocycles. The van der Waals surface area contributed by atoms with Gasteiger partial charge in [0.1, 0.15) is 5.75 Å². The van der Waals surface area contributed by atoms with Crippen molar-refractivity contribution in [2.45, 2.75) is 77.5 Å². The third-order valence-electron chi connectivity index (χ3n) is 3.80. The molecule has 0 radical (unpaired) electrons. The molecule has 126 valence electrons. The van der Waals surface area contributed by atoms with E-state index < -0.39 is 12.3 Å². The highest BCUT2D eigenvalue weighted by Crippen LogP contribution is 2.30. The van der Waals surface area contributed by atoms with Crippen molar-refractivity contribution in [3.63, 3.8) is 0 Å². The van der Waals surface area contributed by atoms with Crippen molar-refractivity contribution >= 4 is 0 Å². The van der Waals surface area contributed by atoms with Gasteiger partial charge >= 0.3 is 6.18 Å². The summed E-state index contributed by atoms with van der Waals surface area (Å²) in [5.74, 6) is 0.327. The molecule has 4 heteroatoms. The van der Waals surface area contributed by atoms with Crippen LogP contribution in [0.5, 0.6) is 5.75 Å². The summed E-state index contributed by atoms with van der Waals surface area (Å²) in [5.41, 5.74) is 0.733. The second-order valence-corrected chi connectivity index (χ2v) is 5.82. The van der Waals surface area contributed by atoms with Crippen LogP contribution in [0.4, 0.5) is 13.2 Å². The molecule has 0 saturated carbocycles. The van der Waals surface area contributed by atoms with Gasteiger partial charge in [-0.1, -0.05) is 63.6 Å². The summed E-state index contributed by atoms with van der Waals surface area (Å²) in [6.07, 6.45) is 1.11. The summed E-state index contributed by atoms with van der Waals surface area (Å²) in [5, 5.41) is 0. The van der Waals surface area contributed by atoms with Crippen molar-refractivity contribution in [1.29, 1.82) is 0 Å². The fraction of sp³-hybridized carbons (Fsp3) is 0.667. The second kappa shape index (κ2) is 9.75. The molecule has 0 N–H and O–H groups in total. The number of aryl methyl sites for hydroxylation is 1. The van der Waals surface area contributed by atoms with Crippen LogP contribution in [0.25, 0.3) is 0 Å². The van der Waals surface area contributed by atoms with E-state index >= 15 is 0 Å². The van der Waals surface area contributed by atoms with E-state index in [1.165, 1.54) is 19.3 Å². The van der Waals surface area contributed by atoms with Crippen LogP contribution < -0.4 is 4.74 Å². The third kappa shape index (κ3) is 7.19. The van der Waals surface area contributed by atoms with E-state index in [-0.39, 0.29) is 6.42 Å². The Labute approximate surface area is 131 Å². The van der Waals surface area contributed by atoms with Crippen LogP contribution in [0.3, 0.4) is 0 Å². The first kappa shape index (κ1) is 18.9. The van der Waals surface area contributed by atoms with Crippen LogP contribution in [-0.4, -0.2) is 12.3 Å². The van der Waals surface area contributed by atoms with Gasteiger partial charge < -0.3 is 4.74 Å². The molecule has 0 aliphatic rings. The number of para-hydroxylation sites is 1. The Morgan fingerprint density at radius 2 is 1.55 bits per heavy atom. The van der Waals surface area contributed by atoms with Gasteiger partial charge in [-0.3, -0.25) is 0 Å². The summed E-state index contributed by atoms with van der Waals surface area (Å²) < 4.78 is 44.5. The molecule has 0 aliphatic carbocycles. The van der Waals surface area contributed by atoms with E-state index in [9.17, 15) is 13.2 Å². The van der Waals surface area contributed by atoms with Crippen LogP contribution >= 0.6 is 0 Å². The Morgan fingerprint density at radius 1 is 0.955 bits per heavy atom. The molecule has 1 atom stereocenters. The lowest BCUT2D eigenvalue weighted by Crippen LogP contribution is -2.34. The van der Waals surface area contributed by atoms with Gasteiger partial charge in [-0.15, -0.1) is 0 Å². The Kier molecular flexibility index (Phi) is 8.36. The molecule has 0 spiro atoms. The highest BCUT2D eigenvalue weighted by molar-refractivity contribution is 5.32. The summed E-state index contributed by atoms with van der Waals surface area (Å²) >= 11 is 0. The molecule has 1 rings (SSSR count). The zero-order valence-electron chi connectivity index (χ0n) is 13.6. The van der Waals surface area contributed by atoms with E-state index in [2.05, 4.69) is 6.92 Å². The number of hydrogen-bond acceptors (Lipinski definition) is 1. The number of benzene rings is 1. The average Bonchev–Trinajstić information content (AvgIpc) is 2.46. The summed E-state index contributed by atoms with van der Waals surface area (Å²) in [6.45, 7) is 3.91. The number of ether oxygens (including phenoxy) is 1. The van der Waals surface area contributed by atoms with Crippen molar-refractivity contribution in [2.75, 3.05) is 0 Å². The lowest BCUT2D eigenvalue weighted by molar-refractivity contribution is -0.197. The van der Waals surface area contributed by atoms with Gasteiger partial charge in [-0.2, -0.15) is 13.2 Å². The van der Waals surface area contributed by atoms with Crippen molar-refractivity contribution < 1.29 is 17.9 Å². The molecule has 1 aromatic carbocycles. The normalized spacial score (nSPS) is 13.1. The van der Waals surface area contributed by atoms with Gasteiger partial charge in [-0.25, -0.2) is 0 Å². The van der Waals surface area contributed by atoms with Crippen molar-refractivity contribution in [1.82, 2.24) is 0 Å². The lowest BCUT2D eigenvalue weighted by Gasteiger charge is -2.22. The SMILES string of the molecule is CCCCCCCCCC(Oc1ccccc1C)C(F)(F)F. The third-order valence-corrected chi connectivity index (χ3v) is 3.80. The average molecular weight is 316 g/mol. The van der Waals surface area contributed by atoms with Crippen LogP contribution in [0, 0.1) is 6.92 Å². The standard InChI is InChI=1S/C18H27F3O/c1-3-4-5-6-7-8-9-14-17(18(19,20)21)22-16-13-11-10-12-15(16)2/h10-13,17H,3-9,14H2,1-2H3. The Balaban J connectivity index is 2.41. The molecule has 0 saturated heterocycles. The molecule has 0 fully saturated rings. The molecule has 0 amide bonds. The summed E-state index contributed by atoms with van der Waals surface area (Å²) in [7, 11) is 0. The van der Waals surface area contributed by atoms with E-state index in [4.69, 9.17) is 4.74 Å². The molecule has 0 bridgehead atoms. The molecule has 1 nitrogen and oxygen atoms in total. The van der Waals surface area contributed by atoms with Crippen molar-refractivity contribution in [2.24, 2.45) is 0 Å². The highest BCUT2D eigenvalue weighted by Gasteiger charge is 2.41. The molecule has 1 unspecified atom stereocenters. The zero-order valence-corrected chi connectivity index (χ0v) is 13.6. The van der Waals surface area contributed by atoms with E-state index in [0.717, 1.165) is 24.8 Å². The first-order valence-corrected chi connectivity index (χ1v) is 8.24. The molecule has 22 heavy (non-hydrogen) atoms. The molecular weight excluding hydrogens is 289 g/mol. The maximum absolute atomic E-state index is 13.1. The monoisotopic (exact) mass is 316 g/mol. The zero-order chi connectivity index (χ0) is 16.4. The van der Waals surface area contributed by atoms with Crippen LogP contribution in [0.1, 0.15) is 63.9 Å². The summed E-state index contributed by atoms with van der Waals surface area (Å²) in [6, 6.07) is 6.85. The van der Waals surface area contributed by atoms with E-state index in [0.29, 0.717) is 12.2 Å². The minimum Gasteiger partial charge on any atom is -0.481 e. The Bertz CT molecular complexity index is 415. The molecule has 0 aliphatic heterocycles. The maximum atomic E-state index is 13.1. The van der Waals surface area contributed by atoms with Crippen LogP contribution in [0.2, 0.25) is 0 Å². The first-order valence-electron chi connectivity index (χ1n) is 8.24. The lowest BCUT2D eigenvalue weighted by atomic mass is 10.1. The number of hydrogen-bond donors (Lipinski definition) is 0. The minimum atomic E-state index is -4.31. The first-order chi connectivity index (χ1) is 10.4. The molecular formula is C18H27F3O. The Hall–Kier alpha value is -1.19. The second-order valence-electron chi connectivity index (χ2n) is 5.82. The number of unbranched alkanes of at least 4 members (excludes halogenated alkanes) is 6. The van der Waals surface area contributed by atoms with Crippen molar-refractivity contribution in [3.8, 4) is 5.75 Å². The smallest absolute Gasteiger partial charge is 0.425 e. The minimum absolute atomic E-state index is 0.0333. The predicted molar refractivity (Wildman–Crippen MR) is 84.3 cm³/mol. The number of rotatable bonds is 10. The van der Waals surface area contributed by atoms with Gasteiger partial charge in [0.15, 0.2) is 6.10 Å². The van der Waals surface area contributed by atoms with Gasteiger partial charge in [0, 0.05) is 0 Å². The fourth-order valence-corrected chi connectivity index (χ4v) is 2.42. The summed E-state index contributed by atoms with van der Waals surface area (Å²) in [4.78, 5) is 0. The van der Waals surface area contributed by atoms with Gasteiger partial charge in [0.05, 0.1) is 0 Å². The van der Waals surface area contributed by atoms with E-state index in [1.54, 1.807) is 31.2 Å². The van der Waals surface area contributed by atoms with Crippen LogP contribution in [-0.2, 0) is 0 Å². The fourth-order valence-electron chi connectivity index (χ4n) is 2.42. The molecule has 0 heterocycles. The number of alkyl halides is 3. The van der Waals surface area contributed by atoms with E-state index in [1.807, 2.05) is 0 Å². The maximum Gasteiger partial charge on any atom is 0.425 e. The number of halogens is 3. The van der Waals surface area contributed by atoms with Gasteiger partial charge in [-0.05, 0) is 31.4 Å². The topological polar surface area (TPSA) is 9.23 Å².